The van der Waals surface area contributed by atoms with E-state index in [0.29, 0.717) is 5.41 Å². The van der Waals surface area contributed by atoms with Crippen molar-refractivity contribution in [3.63, 3.8) is 0 Å². The first-order valence-corrected chi connectivity index (χ1v) is 5.82. The van der Waals surface area contributed by atoms with Gasteiger partial charge in [0.25, 0.3) is 0 Å². The molecule has 0 aliphatic carbocycles. The van der Waals surface area contributed by atoms with Crippen molar-refractivity contribution in [1.82, 2.24) is 4.98 Å². The summed E-state index contributed by atoms with van der Waals surface area (Å²) in [6.45, 7) is 12.9. The van der Waals surface area contributed by atoms with Gasteiger partial charge in [-0.2, -0.15) is 0 Å². The molecule has 1 rings (SSSR count). The van der Waals surface area contributed by atoms with Gasteiger partial charge in [-0.15, -0.1) is 11.3 Å². The van der Waals surface area contributed by atoms with Crippen molar-refractivity contribution in [3.05, 3.63) is 17.1 Å². The zero-order valence-electron chi connectivity index (χ0n) is 9.79. The summed E-state index contributed by atoms with van der Waals surface area (Å²) in [5.41, 5.74) is 2.33. The smallest absolute Gasteiger partial charge is 0.0791 e. The Hall–Kier alpha value is -0.370. The molecule has 0 saturated heterocycles. The third-order valence-corrected chi connectivity index (χ3v) is 1.93. The summed E-state index contributed by atoms with van der Waals surface area (Å²) in [7, 11) is 0. The first-order chi connectivity index (χ1) is 6.06. The van der Waals surface area contributed by atoms with Crippen molar-refractivity contribution in [2.45, 2.75) is 48.0 Å². The zero-order valence-corrected chi connectivity index (χ0v) is 10.6. The summed E-state index contributed by atoms with van der Waals surface area (Å²) < 4.78 is 0. The van der Waals surface area contributed by atoms with Crippen LogP contribution in [-0.4, -0.2) is 4.98 Å². The fourth-order valence-electron chi connectivity index (χ4n) is 0.176. The Morgan fingerprint density at radius 1 is 1.23 bits per heavy atom. The third kappa shape index (κ3) is 18.5. The molecule has 1 aromatic heterocycles. The second-order valence-corrected chi connectivity index (χ2v) is 4.35. The first kappa shape index (κ1) is 15.1. The molecule has 1 nitrogen and oxygen atoms in total. The summed E-state index contributed by atoms with van der Waals surface area (Å²) in [5.74, 6) is 0. The Bertz CT molecular complexity index is 134. The van der Waals surface area contributed by atoms with E-state index in [0.717, 1.165) is 0 Å². The van der Waals surface area contributed by atoms with Gasteiger partial charge in [-0.1, -0.05) is 48.0 Å². The molecule has 1 aromatic rings. The highest BCUT2D eigenvalue weighted by Gasteiger charge is 2.03. The third-order valence-electron chi connectivity index (χ3n) is 1.41. The van der Waals surface area contributed by atoms with Gasteiger partial charge in [0.1, 0.15) is 0 Å². The minimum Gasteiger partial charge on any atom is -0.253 e. The lowest BCUT2D eigenvalue weighted by Crippen LogP contribution is -2.00. The number of aromatic nitrogens is 1. The van der Waals surface area contributed by atoms with Crippen molar-refractivity contribution >= 4 is 11.3 Å². The second kappa shape index (κ2) is 9.72. The molecule has 0 saturated carbocycles. The number of nitrogens with zero attached hydrogens (tertiary/aromatic N) is 1. The SMILES string of the molecule is CC.CCC(C)(C)C.c1cscn1. The summed E-state index contributed by atoms with van der Waals surface area (Å²) in [4.78, 5) is 3.74. The molecule has 0 atom stereocenters. The fourth-order valence-corrected chi connectivity index (χ4v) is 0.527. The van der Waals surface area contributed by atoms with Crippen LogP contribution in [0.25, 0.3) is 0 Å². The van der Waals surface area contributed by atoms with Gasteiger partial charge in [0.05, 0.1) is 5.51 Å². The predicted molar refractivity (Wildman–Crippen MR) is 63.2 cm³/mol. The van der Waals surface area contributed by atoms with Crippen LogP contribution in [0.15, 0.2) is 17.1 Å². The molecule has 2 heteroatoms. The van der Waals surface area contributed by atoms with Gasteiger partial charge < -0.3 is 0 Å². The highest BCUT2D eigenvalue weighted by Crippen LogP contribution is 2.16. The number of hydrogen-bond donors (Lipinski definition) is 0. The Morgan fingerprint density at radius 2 is 1.69 bits per heavy atom. The fraction of sp³-hybridized carbons (Fsp3) is 0.727. The molecule has 0 aliphatic heterocycles. The van der Waals surface area contributed by atoms with E-state index in [2.05, 4.69) is 32.7 Å². The quantitative estimate of drug-likeness (QED) is 0.597. The minimum absolute atomic E-state index is 0.542. The highest BCUT2D eigenvalue weighted by atomic mass is 32.1. The summed E-state index contributed by atoms with van der Waals surface area (Å²) in [5, 5.41) is 1.93. The highest BCUT2D eigenvalue weighted by molar-refractivity contribution is 7.07. The maximum absolute atomic E-state index is 3.74. The molecule has 0 spiro atoms. The van der Waals surface area contributed by atoms with E-state index in [-0.39, 0.29) is 0 Å². The maximum atomic E-state index is 3.74. The summed E-state index contributed by atoms with van der Waals surface area (Å²) in [6, 6.07) is 0. The van der Waals surface area contributed by atoms with Gasteiger partial charge in [0, 0.05) is 11.6 Å². The molecule has 13 heavy (non-hydrogen) atoms. The van der Waals surface area contributed by atoms with E-state index in [4.69, 9.17) is 0 Å². The Morgan fingerprint density at radius 3 is 1.77 bits per heavy atom. The van der Waals surface area contributed by atoms with E-state index < -0.39 is 0 Å². The van der Waals surface area contributed by atoms with Gasteiger partial charge in [0.2, 0.25) is 0 Å². The van der Waals surface area contributed by atoms with Crippen molar-refractivity contribution in [1.29, 1.82) is 0 Å². The molecule has 0 amide bonds. The molecule has 0 aromatic carbocycles. The Balaban J connectivity index is 0. The van der Waals surface area contributed by atoms with E-state index in [1.165, 1.54) is 6.42 Å². The molecule has 0 radical (unpaired) electrons. The molecule has 0 fully saturated rings. The largest absolute Gasteiger partial charge is 0.253 e. The van der Waals surface area contributed by atoms with Crippen LogP contribution in [0.5, 0.6) is 0 Å². The number of hydrogen-bond acceptors (Lipinski definition) is 2. The average Bonchev–Trinajstić information content (AvgIpc) is 2.64. The van der Waals surface area contributed by atoms with Crippen LogP contribution in [0.1, 0.15) is 48.0 Å². The molecular formula is C11H23NS. The molecule has 1 heterocycles. The normalized spacial score (nSPS) is 9.08. The van der Waals surface area contributed by atoms with E-state index in [1.54, 1.807) is 23.0 Å². The van der Waals surface area contributed by atoms with Crippen LogP contribution < -0.4 is 0 Å². The van der Waals surface area contributed by atoms with Gasteiger partial charge in [-0.05, 0) is 5.41 Å². The average molecular weight is 201 g/mol. The number of thiazole rings is 1. The van der Waals surface area contributed by atoms with Crippen molar-refractivity contribution in [3.8, 4) is 0 Å². The van der Waals surface area contributed by atoms with Crippen LogP contribution in [0.4, 0.5) is 0 Å². The molecular weight excluding hydrogens is 178 g/mol. The first-order valence-electron chi connectivity index (χ1n) is 4.88. The summed E-state index contributed by atoms with van der Waals surface area (Å²) in [6.07, 6.45) is 3.04. The van der Waals surface area contributed by atoms with E-state index >= 15 is 0 Å². The predicted octanol–water partition coefficient (Wildman–Crippen LogP) is 4.61. The summed E-state index contributed by atoms with van der Waals surface area (Å²) >= 11 is 1.60. The van der Waals surface area contributed by atoms with Gasteiger partial charge >= 0.3 is 0 Å². The van der Waals surface area contributed by atoms with Gasteiger partial charge in [-0.3, -0.25) is 4.98 Å². The van der Waals surface area contributed by atoms with Crippen LogP contribution >= 0.6 is 11.3 Å². The second-order valence-electron chi connectivity index (χ2n) is 3.59. The van der Waals surface area contributed by atoms with Crippen molar-refractivity contribution < 1.29 is 0 Å². The van der Waals surface area contributed by atoms with Crippen molar-refractivity contribution in [2.24, 2.45) is 5.41 Å². The molecule has 0 bridgehead atoms. The standard InChI is InChI=1S/C6H14.C3H3NS.C2H6/c1-5-6(2,3)4;1-2-5-3-4-1;1-2/h5H2,1-4H3;1-3H;1-2H3. The maximum Gasteiger partial charge on any atom is 0.0791 e. The molecule has 0 unspecified atom stereocenters. The Labute approximate surface area is 87.2 Å². The van der Waals surface area contributed by atoms with Gasteiger partial charge in [0.15, 0.2) is 0 Å². The Kier molecular flexibility index (Phi) is 11.3. The van der Waals surface area contributed by atoms with Crippen LogP contribution in [0, 0.1) is 5.41 Å². The van der Waals surface area contributed by atoms with Crippen LogP contribution in [0.3, 0.4) is 0 Å². The van der Waals surface area contributed by atoms with E-state index in [1.807, 2.05) is 19.2 Å². The lowest BCUT2D eigenvalue weighted by Gasteiger charge is -2.12. The monoisotopic (exact) mass is 201 g/mol. The van der Waals surface area contributed by atoms with E-state index in [9.17, 15) is 0 Å². The topological polar surface area (TPSA) is 12.9 Å². The molecule has 78 valence electrons. The molecule has 0 aliphatic rings. The van der Waals surface area contributed by atoms with Crippen LogP contribution in [-0.2, 0) is 0 Å². The number of rotatable bonds is 0. The van der Waals surface area contributed by atoms with Gasteiger partial charge in [-0.25, -0.2) is 0 Å². The lowest BCUT2D eigenvalue weighted by molar-refractivity contribution is 0.398. The van der Waals surface area contributed by atoms with Crippen molar-refractivity contribution in [2.75, 3.05) is 0 Å². The minimum atomic E-state index is 0.542. The zero-order chi connectivity index (χ0) is 10.7. The van der Waals surface area contributed by atoms with Crippen LogP contribution in [0.2, 0.25) is 0 Å². The lowest BCUT2D eigenvalue weighted by atomic mass is 9.94. The molecule has 0 N–H and O–H groups in total.